The second kappa shape index (κ2) is 6.91. The summed E-state index contributed by atoms with van der Waals surface area (Å²) in [6.45, 7) is 2.71. The number of benzene rings is 1. The van der Waals surface area contributed by atoms with Crippen molar-refractivity contribution in [3.8, 4) is 0 Å². The van der Waals surface area contributed by atoms with Crippen molar-refractivity contribution in [2.45, 2.75) is 25.8 Å². The van der Waals surface area contributed by atoms with Crippen molar-refractivity contribution < 1.29 is 4.79 Å². The fourth-order valence-corrected chi connectivity index (χ4v) is 3.22. The molecule has 4 heteroatoms. The van der Waals surface area contributed by atoms with Crippen molar-refractivity contribution in [1.82, 2.24) is 4.90 Å². The number of carbonyl (C=O) groups excluding carboxylic acids is 1. The lowest BCUT2D eigenvalue weighted by atomic mass is 9.97. The van der Waals surface area contributed by atoms with E-state index >= 15 is 0 Å². The first-order valence-electron chi connectivity index (χ1n) is 6.59. The van der Waals surface area contributed by atoms with Gasteiger partial charge in [0.25, 0.3) is 0 Å². The molecule has 20 heavy (non-hydrogen) atoms. The van der Waals surface area contributed by atoms with E-state index < -0.39 is 0 Å². The summed E-state index contributed by atoms with van der Waals surface area (Å²) in [7, 11) is 1.84. The lowest BCUT2D eigenvalue weighted by molar-refractivity contribution is -0.130. The zero-order chi connectivity index (χ0) is 14.5. The Morgan fingerprint density at radius 3 is 2.55 bits per heavy atom. The number of hydrogen-bond acceptors (Lipinski definition) is 2. The molecule has 0 spiro atoms. The summed E-state index contributed by atoms with van der Waals surface area (Å²) in [5.74, 6) is 0.393. The van der Waals surface area contributed by atoms with Gasteiger partial charge in [-0.05, 0) is 23.6 Å². The second-order valence-electron chi connectivity index (χ2n) is 4.97. The predicted molar refractivity (Wildman–Crippen MR) is 85.3 cm³/mol. The largest absolute Gasteiger partial charge is 0.341 e. The smallest absolute Gasteiger partial charge is 0.223 e. The van der Waals surface area contributed by atoms with Gasteiger partial charge in [-0.25, -0.2) is 0 Å². The van der Waals surface area contributed by atoms with Crippen LogP contribution < -0.4 is 0 Å². The third-order valence-electron chi connectivity index (χ3n) is 3.30. The first kappa shape index (κ1) is 15.1. The fraction of sp³-hybridized carbons (Fsp3) is 0.312. The van der Waals surface area contributed by atoms with Gasteiger partial charge in [-0.15, -0.1) is 11.3 Å². The molecule has 0 aliphatic carbocycles. The van der Waals surface area contributed by atoms with E-state index in [2.05, 4.69) is 19.1 Å². The maximum Gasteiger partial charge on any atom is 0.223 e. The molecule has 0 fully saturated rings. The second-order valence-corrected chi connectivity index (χ2v) is 6.77. The normalized spacial score (nSPS) is 12.2. The molecule has 2 nitrogen and oxygen atoms in total. The topological polar surface area (TPSA) is 20.3 Å². The van der Waals surface area contributed by atoms with E-state index in [1.54, 1.807) is 4.90 Å². The van der Waals surface area contributed by atoms with Crippen LogP contribution in [0.15, 0.2) is 42.5 Å². The van der Waals surface area contributed by atoms with Crippen molar-refractivity contribution in [1.29, 1.82) is 0 Å². The molecular weight excluding hydrogens is 290 g/mol. The van der Waals surface area contributed by atoms with Crippen LogP contribution in [0.2, 0.25) is 4.34 Å². The number of nitrogens with zero attached hydrogens (tertiary/aromatic N) is 1. The van der Waals surface area contributed by atoms with Gasteiger partial charge in [-0.1, -0.05) is 48.9 Å². The standard InChI is InChI=1S/C16H18ClNOS/c1-12(13-6-4-3-5-7-13)10-16(19)18(2)11-14-8-9-15(17)20-14/h3-9,12H,10-11H2,1-2H3. The van der Waals surface area contributed by atoms with Crippen LogP contribution in [-0.4, -0.2) is 17.9 Å². The van der Waals surface area contributed by atoms with E-state index in [4.69, 9.17) is 11.6 Å². The molecule has 0 aliphatic heterocycles. The lowest BCUT2D eigenvalue weighted by Crippen LogP contribution is -2.26. The van der Waals surface area contributed by atoms with E-state index in [1.165, 1.54) is 16.9 Å². The van der Waals surface area contributed by atoms with E-state index in [9.17, 15) is 4.79 Å². The SMILES string of the molecule is CC(CC(=O)N(C)Cc1ccc(Cl)s1)c1ccccc1. The number of hydrogen-bond donors (Lipinski definition) is 0. The first-order chi connectivity index (χ1) is 9.56. The Balaban J connectivity index is 1.91. The molecule has 1 amide bonds. The first-order valence-corrected chi connectivity index (χ1v) is 7.79. The lowest BCUT2D eigenvalue weighted by Gasteiger charge is -2.19. The van der Waals surface area contributed by atoms with Gasteiger partial charge in [0.05, 0.1) is 10.9 Å². The summed E-state index contributed by atoms with van der Waals surface area (Å²) in [6.07, 6.45) is 0.527. The van der Waals surface area contributed by atoms with Gasteiger partial charge < -0.3 is 4.90 Å². The Morgan fingerprint density at radius 2 is 1.95 bits per heavy atom. The predicted octanol–water partition coefficient (Wildman–Crippen LogP) is 4.55. The summed E-state index contributed by atoms with van der Waals surface area (Å²) >= 11 is 7.42. The van der Waals surface area contributed by atoms with Crippen molar-refractivity contribution in [3.63, 3.8) is 0 Å². The van der Waals surface area contributed by atoms with Crippen molar-refractivity contribution in [2.75, 3.05) is 7.05 Å². The minimum atomic E-state index is 0.158. The van der Waals surface area contributed by atoms with Crippen LogP contribution in [0, 0.1) is 0 Å². The molecule has 0 aliphatic rings. The summed E-state index contributed by atoms with van der Waals surface area (Å²) < 4.78 is 0.763. The van der Waals surface area contributed by atoms with E-state index in [1.807, 2.05) is 37.4 Å². The number of halogens is 1. The van der Waals surface area contributed by atoms with Crippen molar-refractivity contribution >= 4 is 28.8 Å². The molecule has 1 atom stereocenters. The monoisotopic (exact) mass is 307 g/mol. The molecular formula is C16H18ClNOS. The average Bonchev–Trinajstić information content (AvgIpc) is 2.85. The van der Waals surface area contributed by atoms with E-state index in [0.29, 0.717) is 13.0 Å². The highest BCUT2D eigenvalue weighted by Gasteiger charge is 2.15. The summed E-state index contributed by atoms with van der Waals surface area (Å²) in [4.78, 5) is 15.1. The van der Waals surface area contributed by atoms with E-state index in [0.717, 1.165) is 9.21 Å². The molecule has 1 heterocycles. The molecule has 0 radical (unpaired) electrons. The molecule has 1 aromatic heterocycles. The van der Waals surface area contributed by atoms with Crippen LogP contribution in [0.25, 0.3) is 0 Å². The highest BCUT2D eigenvalue weighted by Crippen LogP contribution is 2.24. The van der Waals surface area contributed by atoms with Gasteiger partial charge in [0.1, 0.15) is 0 Å². The van der Waals surface area contributed by atoms with Gasteiger partial charge in [-0.3, -0.25) is 4.79 Å². The fourth-order valence-electron chi connectivity index (χ4n) is 2.08. The van der Waals surface area contributed by atoms with Gasteiger partial charge in [0.15, 0.2) is 0 Å². The summed E-state index contributed by atoms with van der Waals surface area (Å²) in [5.41, 5.74) is 1.20. The highest BCUT2D eigenvalue weighted by atomic mass is 35.5. The molecule has 0 bridgehead atoms. The Bertz CT molecular complexity index is 567. The van der Waals surface area contributed by atoms with Gasteiger partial charge in [-0.2, -0.15) is 0 Å². The minimum Gasteiger partial charge on any atom is -0.341 e. The number of amides is 1. The Kier molecular flexibility index (Phi) is 5.21. The molecule has 2 aromatic rings. The molecule has 1 unspecified atom stereocenters. The quantitative estimate of drug-likeness (QED) is 0.793. The zero-order valence-electron chi connectivity index (χ0n) is 11.7. The van der Waals surface area contributed by atoms with Crippen LogP contribution in [0.4, 0.5) is 0 Å². The Labute approximate surface area is 129 Å². The van der Waals surface area contributed by atoms with E-state index in [-0.39, 0.29) is 11.8 Å². The summed E-state index contributed by atoms with van der Waals surface area (Å²) in [5, 5.41) is 0. The van der Waals surface area contributed by atoms with Gasteiger partial charge >= 0.3 is 0 Å². The van der Waals surface area contributed by atoms with Crippen LogP contribution >= 0.6 is 22.9 Å². The van der Waals surface area contributed by atoms with Gasteiger partial charge in [0.2, 0.25) is 5.91 Å². The minimum absolute atomic E-state index is 0.158. The van der Waals surface area contributed by atoms with Crippen LogP contribution in [0.3, 0.4) is 0 Å². The molecule has 106 valence electrons. The third-order valence-corrected chi connectivity index (χ3v) is 4.51. The Hall–Kier alpha value is -1.32. The molecule has 0 saturated heterocycles. The molecule has 1 aromatic carbocycles. The van der Waals surface area contributed by atoms with Crippen LogP contribution in [0.1, 0.15) is 29.7 Å². The van der Waals surface area contributed by atoms with Crippen LogP contribution in [0.5, 0.6) is 0 Å². The maximum absolute atomic E-state index is 12.2. The number of rotatable bonds is 5. The third kappa shape index (κ3) is 4.09. The number of carbonyl (C=O) groups is 1. The maximum atomic E-state index is 12.2. The molecule has 2 rings (SSSR count). The average molecular weight is 308 g/mol. The Morgan fingerprint density at radius 1 is 1.25 bits per heavy atom. The highest BCUT2D eigenvalue weighted by molar-refractivity contribution is 7.16. The molecule has 0 N–H and O–H groups in total. The zero-order valence-corrected chi connectivity index (χ0v) is 13.2. The van der Waals surface area contributed by atoms with Crippen molar-refractivity contribution in [2.24, 2.45) is 0 Å². The van der Waals surface area contributed by atoms with Crippen molar-refractivity contribution in [3.05, 3.63) is 57.2 Å². The van der Waals surface area contributed by atoms with Crippen LogP contribution in [-0.2, 0) is 11.3 Å². The number of thiophene rings is 1. The summed E-state index contributed by atoms with van der Waals surface area (Å²) in [6, 6.07) is 14.0. The molecule has 0 saturated carbocycles. The van der Waals surface area contributed by atoms with Gasteiger partial charge in [0, 0.05) is 18.3 Å².